The highest BCUT2D eigenvalue weighted by atomic mass is 32.2. The van der Waals surface area contributed by atoms with E-state index in [1.54, 1.807) is 22.7 Å². The predicted molar refractivity (Wildman–Crippen MR) is 131 cm³/mol. The van der Waals surface area contributed by atoms with Crippen LogP contribution in [0.25, 0.3) is 41.7 Å². The molecule has 0 unspecified atom stereocenters. The van der Waals surface area contributed by atoms with Gasteiger partial charge in [0.05, 0.1) is 50.1 Å². The van der Waals surface area contributed by atoms with Gasteiger partial charge >= 0.3 is 0 Å². The van der Waals surface area contributed by atoms with Crippen molar-refractivity contribution in [3.05, 3.63) is 56.7 Å². The van der Waals surface area contributed by atoms with Crippen LogP contribution in [0.1, 0.15) is 15.6 Å². The molecule has 4 heterocycles. The number of hydrogen-bond acceptors (Lipinski definition) is 8. The van der Waals surface area contributed by atoms with Crippen LogP contribution >= 0.6 is 45.3 Å². The minimum Gasteiger partial charge on any atom is -0.239 e. The third-order valence-corrected chi connectivity index (χ3v) is 9.19. The molecule has 1 aromatic carbocycles. The van der Waals surface area contributed by atoms with Gasteiger partial charge in [0.25, 0.3) is 0 Å². The first-order chi connectivity index (χ1) is 15.2. The van der Waals surface area contributed by atoms with Gasteiger partial charge in [0.15, 0.2) is 0 Å². The van der Waals surface area contributed by atoms with E-state index in [1.165, 1.54) is 43.2 Å². The lowest BCUT2D eigenvalue weighted by atomic mass is 10.00. The summed E-state index contributed by atoms with van der Waals surface area (Å²) in [5.41, 5.74) is 5.46. The second-order valence-electron chi connectivity index (χ2n) is 6.81. The van der Waals surface area contributed by atoms with E-state index in [0.29, 0.717) is 12.8 Å². The Morgan fingerprint density at radius 3 is 2.03 bits per heavy atom. The lowest BCUT2D eigenvalue weighted by Gasteiger charge is -2.05. The smallest absolute Gasteiger partial charge is 0.107 e. The molecule has 0 aliphatic heterocycles. The molecule has 5 rings (SSSR count). The molecule has 0 fully saturated rings. The van der Waals surface area contributed by atoms with Gasteiger partial charge in [-0.15, -0.1) is 45.3 Å². The molecule has 0 atom stereocenters. The monoisotopic (exact) mass is 474 g/mol. The van der Waals surface area contributed by atoms with E-state index >= 15 is 0 Å². The Kier molecular flexibility index (Phi) is 5.39. The van der Waals surface area contributed by atoms with Crippen LogP contribution in [-0.2, 0) is 12.8 Å². The van der Waals surface area contributed by atoms with Crippen LogP contribution in [0.15, 0.2) is 41.1 Å². The number of nitriles is 2. The molecule has 0 amide bonds. The van der Waals surface area contributed by atoms with Crippen molar-refractivity contribution in [3.8, 4) is 44.4 Å². The third kappa shape index (κ3) is 3.58. The highest BCUT2D eigenvalue weighted by Gasteiger charge is 2.24. The summed E-state index contributed by atoms with van der Waals surface area (Å²) in [6.45, 7) is 2.16. The van der Waals surface area contributed by atoms with Crippen LogP contribution in [-0.4, -0.2) is 9.97 Å². The fraction of sp³-hybridized carbons (Fsp3) is 0.130. The molecule has 5 aromatic rings. The van der Waals surface area contributed by atoms with Crippen molar-refractivity contribution in [2.24, 2.45) is 0 Å². The van der Waals surface area contributed by atoms with Gasteiger partial charge in [0.1, 0.15) is 10.0 Å². The van der Waals surface area contributed by atoms with Crippen LogP contribution in [0.4, 0.5) is 0 Å². The predicted octanol–water partition coefficient (Wildman–Crippen LogP) is 7.32. The summed E-state index contributed by atoms with van der Waals surface area (Å²) in [5.74, 6) is 0. The van der Waals surface area contributed by atoms with Crippen molar-refractivity contribution in [1.82, 2.24) is 9.97 Å². The van der Waals surface area contributed by atoms with Gasteiger partial charge in [-0.2, -0.15) is 10.5 Å². The van der Waals surface area contributed by atoms with Crippen LogP contribution < -0.4 is 0 Å². The van der Waals surface area contributed by atoms with Gasteiger partial charge in [-0.3, -0.25) is 0 Å². The van der Waals surface area contributed by atoms with Crippen molar-refractivity contribution in [2.45, 2.75) is 19.8 Å². The van der Waals surface area contributed by atoms with Crippen molar-refractivity contribution < 1.29 is 0 Å². The molecule has 0 radical (unpaired) electrons. The van der Waals surface area contributed by atoms with Crippen LogP contribution in [0.5, 0.6) is 0 Å². The molecule has 0 aliphatic carbocycles. The second-order valence-corrected chi connectivity index (χ2v) is 11.0. The molecule has 0 bridgehead atoms. The minimum absolute atomic E-state index is 0.336. The summed E-state index contributed by atoms with van der Waals surface area (Å²) in [6.07, 6.45) is 0.681. The number of thiophene rings is 2. The van der Waals surface area contributed by atoms with E-state index in [9.17, 15) is 0 Å². The molecule has 4 nitrogen and oxygen atoms in total. The average molecular weight is 475 g/mol. The number of hydrogen-bond donors (Lipinski definition) is 0. The molecule has 8 heteroatoms. The topological polar surface area (TPSA) is 73.4 Å². The number of nitrogens with zero attached hydrogens (tertiary/aromatic N) is 4. The number of aromatic nitrogens is 2. The summed E-state index contributed by atoms with van der Waals surface area (Å²) in [6, 6.07) is 14.8. The van der Waals surface area contributed by atoms with Crippen molar-refractivity contribution in [1.29, 1.82) is 10.5 Å². The summed E-state index contributed by atoms with van der Waals surface area (Å²) in [5, 5.41) is 25.0. The first-order valence-corrected chi connectivity index (χ1v) is 12.8. The van der Waals surface area contributed by atoms with E-state index in [-0.39, 0.29) is 0 Å². The Hall–Kier alpha value is -2.88. The number of aryl methyl sites for hydroxylation is 1. The van der Waals surface area contributed by atoms with Gasteiger partial charge in [0, 0.05) is 21.7 Å². The maximum Gasteiger partial charge on any atom is 0.107 e. The average Bonchev–Trinajstić information content (AvgIpc) is 3.54. The summed E-state index contributed by atoms with van der Waals surface area (Å²) in [7, 11) is 0. The number of rotatable bonds is 5. The molecule has 0 saturated carbocycles. The molecular weight excluding hydrogens is 461 g/mol. The maximum absolute atomic E-state index is 9.02. The Bertz CT molecular complexity index is 1470. The third-order valence-electron chi connectivity index (χ3n) is 4.88. The quantitative estimate of drug-likeness (QED) is 0.267. The number of benzene rings is 1. The van der Waals surface area contributed by atoms with Crippen LogP contribution in [0, 0.1) is 29.6 Å². The zero-order valence-electron chi connectivity index (χ0n) is 16.4. The van der Waals surface area contributed by atoms with E-state index in [1.807, 2.05) is 11.4 Å². The van der Waals surface area contributed by atoms with E-state index < -0.39 is 0 Å². The zero-order chi connectivity index (χ0) is 21.4. The highest BCUT2D eigenvalue weighted by molar-refractivity contribution is 7.41. The minimum atomic E-state index is 0.336. The summed E-state index contributed by atoms with van der Waals surface area (Å²) in [4.78, 5) is 11.7. The Morgan fingerprint density at radius 1 is 0.839 bits per heavy atom. The number of thiazole rings is 2. The SMILES string of the molecule is Cc1c(-c2csc(CC#N)n2)sc2sc(-c3csc(CC#N)n3)c(-c3ccccc3)c12. The van der Waals surface area contributed by atoms with Gasteiger partial charge in [-0.1, -0.05) is 30.3 Å². The first-order valence-electron chi connectivity index (χ1n) is 9.44. The molecular formula is C23H14N4S4. The van der Waals surface area contributed by atoms with Crippen LogP contribution in [0.3, 0.4) is 0 Å². The van der Waals surface area contributed by atoms with Gasteiger partial charge < -0.3 is 0 Å². The molecule has 4 aromatic heterocycles. The lowest BCUT2D eigenvalue weighted by Crippen LogP contribution is -1.84. The molecule has 0 N–H and O–H groups in total. The van der Waals surface area contributed by atoms with E-state index in [2.05, 4.69) is 53.7 Å². The summed E-state index contributed by atoms with van der Waals surface area (Å²) < 4.78 is 1.24. The highest BCUT2D eigenvalue weighted by Crippen LogP contribution is 2.51. The van der Waals surface area contributed by atoms with E-state index in [0.717, 1.165) is 36.7 Å². The van der Waals surface area contributed by atoms with Crippen LogP contribution in [0.2, 0.25) is 0 Å². The summed E-state index contributed by atoms with van der Waals surface area (Å²) >= 11 is 6.58. The Balaban J connectivity index is 1.71. The maximum atomic E-state index is 9.02. The standard InChI is InChI=1S/C23H14N4S4/c1-13-19-20(14-5-3-2-4-6-14)22(16-12-29-18(27-16)8-10-25)31-23(19)30-21(13)15-11-28-17(26-15)7-9-24/h2-6,11-12H,7-8H2,1H3. The fourth-order valence-electron chi connectivity index (χ4n) is 3.54. The lowest BCUT2D eigenvalue weighted by molar-refractivity contribution is 1.19. The van der Waals surface area contributed by atoms with Crippen molar-refractivity contribution >= 4 is 54.7 Å². The zero-order valence-corrected chi connectivity index (χ0v) is 19.6. The molecule has 0 saturated heterocycles. The number of fused-ring (bicyclic) bond motifs is 1. The van der Waals surface area contributed by atoms with Gasteiger partial charge in [0.2, 0.25) is 0 Å². The fourth-order valence-corrected chi connectivity index (χ4v) is 7.87. The largest absolute Gasteiger partial charge is 0.239 e. The normalized spacial score (nSPS) is 10.9. The van der Waals surface area contributed by atoms with Gasteiger partial charge in [-0.05, 0) is 18.1 Å². The van der Waals surface area contributed by atoms with Crippen molar-refractivity contribution in [2.75, 3.05) is 0 Å². The Morgan fingerprint density at radius 2 is 1.42 bits per heavy atom. The molecule has 150 valence electrons. The van der Waals surface area contributed by atoms with Crippen molar-refractivity contribution in [3.63, 3.8) is 0 Å². The molecule has 0 aliphatic rings. The second kappa shape index (κ2) is 8.33. The Labute approximate surface area is 195 Å². The molecule has 31 heavy (non-hydrogen) atoms. The van der Waals surface area contributed by atoms with Gasteiger partial charge in [-0.25, -0.2) is 9.97 Å². The van der Waals surface area contributed by atoms with E-state index in [4.69, 9.17) is 15.5 Å². The first kappa shape index (κ1) is 20.0. The molecule has 0 spiro atoms.